The summed E-state index contributed by atoms with van der Waals surface area (Å²) in [6.07, 6.45) is 5.52. The molecule has 2 rings (SSSR count). The molecule has 1 heterocycles. The lowest BCUT2D eigenvalue weighted by Crippen LogP contribution is -2.35. The number of hydrogen-bond acceptors (Lipinski definition) is 3. The van der Waals surface area contributed by atoms with E-state index in [0.29, 0.717) is 18.7 Å². The van der Waals surface area contributed by atoms with Gasteiger partial charge in [-0.1, -0.05) is 18.2 Å². The normalized spacial score (nSPS) is 13.4. The fourth-order valence-electron chi connectivity index (χ4n) is 2.74. The Labute approximate surface area is 143 Å². The second-order valence-electron chi connectivity index (χ2n) is 5.81. The third-order valence-electron chi connectivity index (χ3n) is 4.00. The minimum absolute atomic E-state index is 0.0360. The first kappa shape index (κ1) is 17.8. The van der Waals surface area contributed by atoms with Gasteiger partial charge in [-0.05, 0) is 31.0 Å². The van der Waals surface area contributed by atoms with Crippen molar-refractivity contribution in [3.63, 3.8) is 0 Å². The molecule has 0 atom stereocenters. The van der Waals surface area contributed by atoms with Crippen molar-refractivity contribution in [1.82, 2.24) is 9.80 Å². The first-order valence-corrected chi connectivity index (χ1v) is 8.28. The molecule has 5 nitrogen and oxygen atoms in total. The van der Waals surface area contributed by atoms with E-state index in [-0.39, 0.29) is 18.4 Å². The molecule has 128 valence electrons. The lowest BCUT2D eigenvalue weighted by Gasteiger charge is -2.20. The van der Waals surface area contributed by atoms with Crippen LogP contribution in [0, 0.1) is 0 Å². The lowest BCUT2D eigenvalue weighted by atomic mass is 10.1. The van der Waals surface area contributed by atoms with Gasteiger partial charge < -0.3 is 15.1 Å². The number of benzene rings is 1. The summed E-state index contributed by atoms with van der Waals surface area (Å²) in [7, 11) is 0. The van der Waals surface area contributed by atoms with Gasteiger partial charge in [0.2, 0.25) is 5.91 Å². The number of rotatable bonds is 8. The van der Waals surface area contributed by atoms with Crippen molar-refractivity contribution in [3.05, 3.63) is 55.1 Å². The highest BCUT2D eigenvalue weighted by Crippen LogP contribution is 2.16. The van der Waals surface area contributed by atoms with Crippen LogP contribution in [-0.4, -0.2) is 54.3 Å². The Morgan fingerprint density at radius 2 is 1.83 bits per heavy atom. The Balaban J connectivity index is 1.96. The van der Waals surface area contributed by atoms with Crippen LogP contribution in [0.25, 0.3) is 0 Å². The number of amides is 2. The Bertz CT molecular complexity index is 596. The second-order valence-corrected chi connectivity index (χ2v) is 5.81. The highest BCUT2D eigenvalue weighted by Gasteiger charge is 2.19. The number of hydrogen-bond donors (Lipinski definition) is 1. The topological polar surface area (TPSA) is 52.7 Å². The monoisotopic (exact) mass is 327 g/mol. The van der Waals surface area contributed by atoms with Gasteiger partial charge in [-0.15, -0.1) is 13.2 Å². The van der Waals surface area contributed by atoms with Gasteiger partial charge in [-0.25, -0.2) is 0 Å². The maximum absolute atomic E-state index is 12.4. The number of nitrogens with one attached hydrogen (secondary N) is 1. The molecule has 0 aliphatic carbocycles. The van der Waals surface area contributed by atoms with Crippen molar-refractivity contribution < 1.29 is 9.59 Å². The molecular formula is C19H25N3O2. The lowest BCUT2D eigenvalue weighted by molar-refractivity contribution is -0.128. The molecule has 1 aliphatic heterocycles. The van der Waals surface area contributed by atoms with Gasteiger partial charge in [-0.3, -0.25) is 9.59 Å². The predicted octanol–water partition coefficient (Wildman–Crippen LogP) is 2.54. The van der Waals surface area contributed by atoms with Crippen LogP contribution in [0.3, 0.4) is 0 Å². The zero-order valence-electron chi connectivity index (χ0n) is 14.0. The summed E-state index contributed by atoms with van der Waals surface area (Å²) in [5, 5.41) is 3.10. The molecule has 24 heavy (non-hydrogen) atoms. The quantitative estimate of drug-likeness (QED) is 0.747. The van der Waals surface area contributed by atoms with Crippen LogP contribution >= 0.6 is 0 Å². The van der Waals surface area contributed by atoms with Crippen LogP contribution in [0.2, 0.25) is 0 Å². The molecule has 0 bridgehead atoms. The SMILES string of the molecule is C=CCN(CC=C)C(=O)CNc1cccc(C(=O)N2CCCC2)c1. The molecule has 1 aromatic rings. The molecule has 1 aromatic carbocycles. The summed E-state index contributed by atoms with van der Waals surface area (Å²) < 4.78 is 0. The van der Waals surface area contributed by atoms with E-state index in [1.165, 1.54) is 0 Å². The van der Waals surface area contributed by atoms with E-state index < -0.39 is 0 Å². The van der Waals surface area contributed by atoms with Crippen LogP contribution in [0.4, 0.5) is 5.69 Å². The standard InChI is InChI=1S/C19H25N3O2/c1-3-10-21(11-4-2)18(23)15-20-17-9-7-8-16(14-17)19(24)22-12-5-6-13-22/h3-4,7-9,14,20H,1-2,5-6,10-13,15H2. The number of nitrogens with zero attached hydrogens (tertiary/aromatic N) is 2. The molecule has 1 saturated heterocycles. The van der Waals surface area contributed by atoms with E-state index in [1.54, 1.807) is 23.1 Å². The summed E-state index contributed by atoms with van der Waals surface area (Å²) in [5.74, 6) is 0.0218. The van der Waals surface area contributed by atoms with E-state index in [4.69, 9.17) is 0 Å². The molecule has 0 saturated carbocycles. The Morgan fingerprint density at radius 1 is 1.17 bits per heavy atom. The number of anilines is 1. The predicted molar refractivity (Wildman–Crippen MR) is 97.0 cm³/mol. The van der Waals surface area contributed by atoms with Gasteiger partial charge >= 0.3 is 0 Å². The largest absolute Gasteiger partial charge is 0.376 e. The van der Waals surface area contributed by atoms with Crippen molar-refractivity contribution >= 4 is 17.5 Å². The van der Waals surface area contributed by atoms with Crippen molar-refractivity contribution in [2.24, 2.45) is 0 Å². The van der Waals surface area contributed by atoms with Gasteiger partial charge in [0.1, 0.15) is 0 Å². The first-order valence-electron chi connectivity index (χ1n) is 8.28. The summed E-state index contributed by atoms with van der Waals surface area (Å²) in [6, 6.07) is 7.31. The minimum atomic E-state index is -0.0360. The second kappa shape index (κ2) is 8.91. The Hall–Kier alpha value is -2.56. The summed E-state index contributed by atoms with van der Waals surface area (Å²) >= 11 is 0. The van der Waals surface area contributed by atoms with Crippen LogP contribution < -0.4 is 5.32 Å². The third-order valence-corrected chi connectivity index (χ3v) is 4.00. The molecule has 0 spiro atoms. The zero-order valence-corrected chi connectivity index (χ0v) is 14.0. The fourth-order valence-corrected chi connectivity index (χ4v) is 2.74. The fraction of sp³-hybridized carbons (Fsp3) is 0.368. The molecule has 2 amide bonds. The Kier molecular flexibility index (Phi) is 6.61. The average molecular weight is 327 g/mol. The summed E-state index contributed by atoms with van der Waals surface area (Å²) in [5.41, 5.74) is 1.42. The maximum atomic E-state index is 12.4. The van der Waals surface area contributed by atoms with E-state index >= 15 is 0 Å². The van der Waals surface area contributed by atoms with Gasteiger partial charge in [0.15, 0.2) is 0 Å². The average Bonchev–Trinajstić information content (AvgIpc) is 3.13. The summed E-state index contributed by atoms with van der Waals surface area (Å²) in [4.78, 5) is 28.2. The van der Waals surface area contributed by atoms with Crippen LogP contribution in [0.15, 0.2) is 49.6 Å². The first-order chi connectivity index (χ1) is 11.7. The van der Waals surface area contributed by atoms with E-state index in [2.05, 4.69) is 18.5 Å². The van der Waals surface area contributed by atoms with Gasteiger partial charge in [-0.2, -0.15) is 0 Å². The number of likely N-dealkylation sites (tertiary alicyclic amines) is 1. The van der Waals surface area contributed by atoms with Crippen LogP contribution in [0.1, 0.15) is 23.2 Å². The highest BCUT2D eigenvalue weighted by molar-refractivity contribution is 5.95. The van der Waals surface area contributed by atoms with Crippen LogP contribution in [0.5, 0.6) is 0 Å². The molecule has 1 aliphatic rings. The van der Waals surface area contributed by atoms with Crippen molar-refractivity contribution in [2.75, 3.05) is 38.0 Å². The molecule has 0 radical (unpaired) electrons. The highest BCUT2D eigenvalue weighted by atomic mass is 16.2. The van der Waals surface area contributed by atoms with Crippen molar-refractivity contribution in [3.8, 4) is 0 Å². The third kappa shape index (κ3) is 4.72. The van der Waals surface area contributed by atoms with E-state index in [0.717, 1.165) is 31.6 Å². The van der Waals surface area contributed by atoms with Crippen LogP contribution in [-0.2, 0) is 4.79 Å². The molecular weight excluding hydrogens is 302 g/mol. The number of carbonyl (C=O) groups is 2. The van der Waals surface area contributed by atoms with Gasteiger partial charge in [0.05, 0.1) is 6.54 Å². The maximum Gasteiger partial charge on any atom is 0.253 e. The van der Waals surface area contributed by atoms with Crippen molar-refractivity contribution in [1.29, 1.82) is 0 Å². The summed E-state index contributed by atoms with van der Waals surface area (Å²) in [6.45, 7) is 10.1. The van der Waals surface area contributed by atoms with Gasteiger partial charge in [0.25, 0.3) is 5.91 Å². The van der Waals surface area contributed by atoms with E-state index in [9.17, 15) is 9.59 Å². The van der Waals surface area contributed by atoms with Gasteiger partial charge in [0, 0.05) is 37.4 Å². The Morgan fingerprint density at radius 3 is 2.46 bits per heavy atom. The minimum Gasteiger partial charge on any atom is -0.376 e. The zero-order chi connectivity index (χ0) is 17.4. The van der Waals surface area contributed by atoms with Crippen molar-refractivity contribution in [2.45, 2.75) is 12.8 Å². The molecule has 1 N–H and O–H groups in total. The molecule has 1 fully saturated rings. The molecule has 5 heteroatoms. The molecule has 0 aromatic heterocycles. The van der Waals surface area contributed by atoms with E-state index in [1.807, 2.05) is 23.1 Å². The number of carbonyl (C=O) groups excluding carboxylic acids is 2. The smallest absolute Gasteiger partial charge is 0.253 e. The molecule has 0 unspecified atom stereocenters.